The number of benzene rings is 1. The summed E-state index contributed by atoms with van der Waals surface area (Å²) in [5.74, 6) is -1.96. The van der Waals surface area contributed by atoms with E-state index >= 15 is 0 Å². The lowest BCUT2D eigenvalue weighted by molar-refractivity contribution is -0.139. The molecule has 1 atom stereocenters. The van der Waals surface area contributed by atoms with Gasteiger partial charge in [-0.15, -0.1) is 0 Å². The number of carboxylic acids is 2. The van der Waals surface area contributed by atoms with E-state index in [0.717, 1.165) is 5.56 Å². The first-order valence-electron chi connectivity index (χ1n) is 7.52. The number of nitrogens with one attached hydrogen (secondary N) is 2. The van der Waals surface area contributed by atoms with Gasteiger partial charge in [0.2, 0.25) is 0 Å². The maximum absolute atomic E-state index is 11.7. The van der Waals surface area contributed by atoms with Gasteiger partial charge in [0, 0.05) is 13.0 Å². The molecule has 4 N–H and O–H groups in total. The minimum absolute atomic E-state index is 0.0722. The van der Waals surface area contributed by atoms with Crippen molar-refractivity contribution in [1.82, 2.24) is 10.6 Å². The quantitative estimate of drug-likeness (QED) is 0.492. The van der Waals surface area contributed by atoms with Crippen LogP contribution in [0, 0.1) is 0 Å². The number of urea groups is 1. The molecule has 0 saturated heterocycles. The Morgan fingerprint density at radius 3 is 2.30 bits per heavy atom. The Morgan fingerprint density at radius 1 is 1.00 bits per heavy atom. The first kappa shape index (κ1) is 18.5. The van der Waals surface area contributed by atoms with E-state index in [1.54, 1.807) is 0 Å². The van der Waals surface area contributed by atoms with Gasteiger partial charge in [-0.05, 0) is 18.4 Å². The largest absolute Gasteiger partial charge is 0.481 e. The van der Waals surface area contributed by atoms with Crippen molar-refractivity contribution in [3.05, 3.63) is 35.9 Å². The van der Waals surface area contributed by atoms with Crippen LogP contribution in [-0.2, 0) is 16.1 Å². The second-order valence-corrected chi connectivity index (χ2v) is 5.20. The number of aliphatic carboxylic acids is 2. The Kier molecular flexibility index (Phi) is 8.20. The highest BCUT2D eigenvalue weighted by Gasteiger charge is 2.19. The van der Waals surface area contributed by atoms with Crippen LogP contribution in [0.3, 0.4) is 0 Å². The van der Waals surface area contributed by atoms with Gasteiger partial charge < -0.3 is 20.8 Å². The molecule has 0 aliphatic heterocycles. The van der Waals surface area contributed by atoms with Gasteiger partial charge in [0.15, 0.2) is 0 Å². The maximum atomic E-state index is 11.7. The molecule has 7 nitrogen and oxygen atoms in total. The lowest BCUT2D eigenvalue weighted by Gasteiger charge is -2.15. The predicted molar refractivity (Wildman–Crippen MR) is 84.0 cm³/mol. The van der Waals surface area contributed by atoms with Crippen molar-refractivity contribution in [2.24, 2.45) is 0 Å². The fourth-order valence-corrected chi connectivity index (χ4v) is 2.05. The van der Waals surface area contributed by atoms with Crippen LogP contribution in [0.5, 0.6) is 0 Å². The third kappa shape index (κ3) is 8.45. The van der Waals surface area contributed by atoms with Crippen molar-refractivity contribution in [2.75, 3.05) is 0 Å². The second-order valence-electron chi connectivity index (χ2n) is 5.20. The summed E-state index contributed by atoms with van der Waals surface area (Å²) in [6, 6.07) is 7.78. The molecule has 0 radical (unpaired) electrons. The number of carbonyl (C=O) groups excluding carboxylic acids is 1. The molecule has 0 unspecified atom stereocenters. The van der Waals surface area contributed by atoms with Crippen molar-refractivity contribution in [3.63, 3.8) is 0 Å². The van der Waals surface area contributed by atoms with Gasteiger partial charge in [-0.2, -0.15) is 0 Å². The van der Waals surface area contributed by atoms with Crippen LogP contribution < -0.4 is 10.6 Å². The van der Waals surface area contributed by atoms with E-state index in [9.17, 15) is 14.4 Å². The molecule has 0 aromatic heterocycles. The molecular formula is C16H22N2O5. The molecule has 23 heavy (non-hydrogen) atoms. The molecule has 0 aliphatic rings. The average molecular weight is 322 g/mol. The number of amides is 2. The van der Waals surface area contributed by atoms with Crippen LogP contribution >= 0.6 is 0 Å². The molecule has 1 rings (SSSR count). The normalized spacial score (nSPS) is 11.5. The third-order valence-corrected chi connectivity index (χ3v) is 3.28. The van der Waals surface area contributed by atoms with Gasteiger partial charge in [0.1, 0.15) is 6.04 Å². The monoisotopic (exact) mass is 322 g/mol. The number of hydrogen-bond acceptors (Lipinski definition) is 3. The van der Waals surface area contributed by atoms with Gasteiger partial charge in [-0.3, -0.25) is 4.79 Å². The zero-order chi connectivity index (χ0) is 17.1. The van der Waals surface area contributed by atoms with E-state index in [-0.39, 0.29) is 12.8 Å². The number of hydrogen-bond donors (Lipinski definition) is 4. The summed E-state index contributed by atoms with van der Waals surface area (Å²) in [4.78, 5) is 33.3. The summed E-state index contributed by atoms with van der Waals surface area (Å²) < 4.78 is 0. The second kappa shape index (κ2) is 10.2. The summed E-state index contributed by atoms with van der Waals surface area (Å²) in [5, 5.41) is 22.7. The Morgan fingerprint density at radius 2 is 1.70 bits per heavy atom. The number of carbonyl (C=O) groups is 3. The molecule has 0 heterocycles. The molecular weight excluding hydrogens is 300 g/mol. The van der Waals surface area contributed by atoms with Crippen molar-refractivity contribution in [2.45, 2.75) is 44.7 Å². The summed E-state index contributed by atoms with van der Waals surface area (Å²) in [6.45, 7) is 0.317. The number of unbranched alkanes of at least 4 members (excludes halogenated alkanes) is 2. The van der Waals surface area contributed by atoms with E-state index in [2.05, 4.69) is 10.6 Å². The van der Waals surface area contributed by atoms with Crippen LogP contribution in [0.2, 0.25) is 0 Å². The van der Waals surface area contributed by atoms with Crippen LogP contribution in [0.1, 0.15) is 37.7 Å². The van der Waals surface area contributed by atoms with Crippen molar-refractivity contribution < 1.29 is 24.6 Å². The van der Waals surface area contributed by atoms with Crippen LogP contribution in [-0.4, -0.2) is 34.2 Å². The summed E-state index contributed by atoms with van der Waals surface area (Å²) in [5.41, 5.74) is 0.920. The van der Waals surface area contributed by atoms with Gasteiger partial charge >= 0.3 is 18.0 Å². The standard InChI is InChI=1S/C16H22N2O5/c19-14(20)10-6-2-5-9-13(15(21)22)18-16(23)17-11-12-7-3-1-4-8-12/h1,3-4,7-8,13H,2,5-6,9-11H2,(H,19,20)(H,21,22)(H2,17,18,23)/t13-/m0/s1. The maximum Gasteiger partial charge on any atom is 0.326 e. The molecule has 7 heteroatoms. The van der Waals surface area contributed by atoms with Gasteiger partial charge in [0.05, 0.1) is 0 Å². The average Bonchev–Trinajstić information content (AvgIpc) is 2.52. The fraction of sp³-hybridized carbons (Fsp3) is 0.438. The summed E-state index contributed by atoms with van der Waals surface area (Å²) in [6.07, 6.45) is 2.00. The Labute approximate surface area is 134 Å². The summed E-state index contributed by atoms with van der Waals surface area (Å²) >= 11 is 0. The highest BCUT2D eigenvalue weighted by Crippen LogP contribution is 2.06. The van der Waals surface area contributed by atoms with Gasteiger partial charge in [-0.1, -0.05) is 43.2 Å². The van der Waals surface area contributed by atoms with Crippen LogP contribution in [0.15, 0.2) is 30.3 Å². The molecule has 1 aromatic rings. The van der Waals surface area contributed by atoms with Crippen LogP contribution in [0.25, 0.3) is 0 Å². The van der Waals surface area contributed by atoms with Gasteiger partial charge in [-0.25, -0.2) is 9.59 Å². The Bertz CT molecular complexity index is 518. The van der Waals surface area contributed by atoms with E-state index in [1.165, 1.54) is 0 Å². The summed E-state index contributed by atoms with van der Waals surface area (Å²) in [7, 11) is 0. The van der Waals surface area contributed by atoms with E-state index < -0.39 is 24.0 Å². The SMILES string of the molecule is O=C(O)CCCCC[C@H](NC(=O)NCc1ccccc1)C(=O)O. The number of carboxylic acid groups (broad SMARTS) is 2. The molecule has 0 bridgehead atoms. The molecule has 0 saturated carbocycles. The third-order valence-electron chi connectivity index (χ3n) is 3.28. The Hall–Kier alpha value is -2.57. The zero-order valence-corrected chi connectivity index (χ0v) is 12.8. The molecule has 2 amide bonds. The van der Waals surface area contributed by atoms with E-state index in [0.29, 0.717) is 25.8 Å². The van der Waals surface area contributed by atoms with Crippen LogP contribution in [0.4, 0.5) is 4.79 Å². The topological polar surface area (TPSA) is 116 Å². The lowest BCUT2D eigenvalue weighted by atomic mass is 10.1. The first-order valence-corrected chi connectivity index (χ1v) is 7.52. The molecule has 1 aromatic carbocycles. The van der Waals surface area contributed by atoms with Crippen molar-refractivity contribution >= 4 is 18.0 Å². The number of rotatable bonds is 10. The molecule has 0 aliphatic carbocycles. The Balaban J connectivity index is 2.29. The van der Waals surface area contributed by atoms with Crippen molar-refractivity contribution in [1.29, 1.82) is 0 Å². The molecule has 126 valence electrons. The zero-order valence-electron chi connectivity index (χ0n) is 12.8. The lowest BCUT2D eigenvalue weighted by Crippen LogP contribution is -2.45. The van der Waals surface area contributed by atoms with E-state index in [1.807, 2.05) is 30.3 Å². The fourth-order valence-electron chi connectivity index (χ4n) is 2.05. The predicted octanol–water partition coefficient (Wildman–Crippen LogP) is 1.97. The van der Waals surface area contributed by atoms with E-state index in [4.69, 9.17) is 10.2 Å². The molecule has 0 fully saturated rings. The minimum Gasteiger partial charge on any atom is -0.481 e. The first-order chi connectivity index (χ1) is 11.0. The highest BCUT2D eigenvalue weighted by molar-refractivity contribution is 5.82. The highest BCUT2D eigenvalue weighted by atomic mass is 16.4. The smallest absolute Gasteiger partial charge is 0.326 e. The van der Waals surface area contributed by atoms with Crippen molar-refractivity contribution in [3.8, 4) is 0 Å². The molecule has 0 spiro atoms. The minimum atomic E-state index is -1.10. The van der Waals surface area contributed by atoms with Gasteiger partial charge in [0.25, 0.3) is 0 Å².